The van der Waals surface area contributed by atoms with Gasteiger partial charge in [-0.2, -0.15) is 0 Å². The molecule has 0 spiro atoms. The van der Waals surface area contributed by atoms with Crippen LogP contribution in [-0.4, -0.2) is 38.3 Å². The van der Waals surface area contributed by atoms with Gasteiger partial charge in [0, 0.05) is 0 Å². The van der Waals surface area contributed by atoms with Gasteiger partial charge in [0.1, 0.15) is 0 Å². The summed E-state index contributed by atoms with van der Waals surface area (Å²) in [4.78, 5) is 2.61. The van der Waals surface area contributed by atoms with E-state index in [1.54, 1.807) is 7.11 Å². The van der Waals surface area contributed by atoms with E-state index in [-0.39, 0.29) is 0 Å². The standard InChI is InChI=1S/C20H31NO2/c1-3-10-18-11-12-19(20(17-18)22-2)23-16-9-8-15-21-13-6-4-5-7-14-21/h3,10-12,17H,4-9,13-16H2,1-2H3/b10-3+. The van der Waals surface area contributed by atoms with Crippen molar-refractivity contribution in [3.63, 3.8) is 0 Å². The Morgan fingerprint density at radius 3 is 2.52 bits per heavy atom. The Bertz CT molecular complexity index is 477. The van der Waals surface area contributed by atoms with Gasteiger partial charge in [-0.05, 0) is 69.9 Å². The molecular formula is C20H31NO2. The van der Waals surface area contributed by atoms with Crippen LogP contribution < -0.4 is 9.47 Å². The topological polar surface area (TPSA) is 21.7 Å². The predicted molar refractivity (Wildman–Crippen MR) is 97.3 cm³/mol. The lowest BCUT2D eigenvalue weighted by Gasteiger charge is -2.19. The third-order valence-electron chi connectivity index (χ3n) is 4.37. The molecule has 1 aromatic carbocycles. The predicted octanol–water partition coefficient (Wildman–Crippen LogP) is 4.76. The summed E-state index contributed by atoms with van der Waals surface area (Å²) in [6, 6.07) is 6.09. The van der Waals surface area contributed by atoms with E-state index < -0.39 is 0 Å². The van der Waals surface area contributed by atoms with Crippen molar-refractivity contribution < 1.29 is 9.47 Å². The van der Waals surface area contributed by atoms with Gasteiger partial charge in [0.25, 0.3) is 0 Å². The molecule has 0 saturated carbocycles. The Hall–Kier alpha value is -1.48. The van der Waals surface area contributed by atoms with Crippen LogP contribution in [0.25, 0.3) is 6.08 Å². The molecule has 23 heavy (non-hydrogen) atoms. The van der Waals surface area contributed by atoms with E-state index in [1.807, 2.05) is 25.1 Å². The van der Waals surface area contributed by atoms with Crippen LogP contribution in [-0.2, 0) is 0 Å². The number of ether oxygens (including phenoxy) is 2. The molecule has 3 nitrogen and oxygen atoms in total. The Kier molecular flexibility index (Phi) is 8.02. The van der Waals surface area contributed by atoms with Gasteiger partial charge in [-0.1, -0.05) is 31.1 Å². The molecule has 2 rings (SSSR count). The van der Waals surface area contributed by atoms with Crippen LogP contribution in [0.3, 0.4) is 0 Å². The van der Waals surface area contributed by atoms with Gasteiger partial charge in [0.2, 0.25) is 0 Å². The third kappa shape index (κ3) is 6.26. The van der Waals surface area contributed by atoms with E-state index in [1.165, 1.54) is 51.7 Å². The van der Waals surface area contributed by atoms with Gasteiger partial charge in [-0.15, -0.1) is 0 Å². The van der Waals surface area contributed by atoms with Crippen molar-refractivity contribution in [2.45, 2.75) is 45.4 Å². The zero-order valence-electron chi connectivity index (χ0n) is 14.7. The summed E-state index contributed by atoms with van der Waals surface area (Å²) in [5, 5.41) is 0. The minimum absolute atomic E-state index is 0.757. The zero-order valence-corrected chi connectivity index (χ0v) is 14.7. The molecule has 0 amide bonds. The minimum Gasteiger partial charge on any atom is -0.493 e. The molecule has 1 fully saturated rings. The maximum absolute atomic E-state index is 5.91. The van der Waals surface area contributed by atoms with Gasteiger partial charge in [0.05, 0.1) is 13.7 Å². The second-order valence-electron chi connectivity index (χ2n) is 6.22. The number of hydrogen-bond acceptors (Lipinski definition) is 3. The first-order valence-electron chi connectivity index (χ1n) is 8.99. The fourth-order valence-electron chi connectivity index (χ4n) is 3.08. The number of allylic oxidation sites excluding steroid dienone is 1. The van der Waals surface area contributed by atoms with Crippen LogP contribution in [0.1, 0.15) is 51.0 Å². The molecule has 0 N–H and O–H groups in total. The van der Waals surface area contributed by atoms with Crippen molar-refractivity contribution >= 4 is 6.08 Å². The quantitative estimate of drug-likeness (QED) is 0.645. The molecule has 1 heterocycles. The Morgan fingerprint density at radius 1 is 1.04 bits per heavy atom. The first kappa shape index (κ1) is 17.9. The summed E-state index contributed by atoms with van der Waals surface area (Å²) in [5.41, 5.74) is 1.14. The normalized spacial score (nSPS) is 16.4. The maximum atomic E-state index is 5.91. The van der Waals surface area contributed by atoms with Crippen LogP contribution in [0.5, 0.6) is 11.5 Å². The van der Waals surface area contributed by atoms with Crippen LogP contribution in [0.2, 0.25) is 0 Å². The summed E-state index contributed by atoms with van der Waals surface area (Å²) < 4.78 is 11.3. The monoisotopic (exact) mass is 317 g/mol. The molecule has 0 aromatic heterocycles. The van der Waals surface area contributed by atoms with Crippen LogP contribution in [0.15, 0.2) is 24.3 Å². The van der Waals surface area contributed by atoms with Gasteiger partial charge < -0.3 is 14.4 Å². The van der Waals surface area contributed by atoms with E-state index in [2.05, 4.69) is 17.0 Å². The summed E-state index contributed by atoms with van der Waals surface area (Å²) in [6.07, 6.45) is 11.9. The molecule has 0 radical (unpaired) electrons. The van der Waals surface area contributed by atoms with Crippen molar-refractivity contribution in [1.82, 2.24) is 4.90 Å². The lowest BCUT2D eigenvalue weighted by atomic mass is 10.2. The zero-order chi connectivity index (χ0) is 16.3. The summed E-state index contributed by atoms with van der Waals surface area (Å²) in [5.74, 6) is 1.66. The number of methoxy groups -OCH3 is 1. The molecule has 0 aliphatic carbocycles. The molecule has 1 aliphatic heterocycles. The molecule has 0 unspecified atom stereocenters. The van der Waals surface area contributed by atoms with Gasteiger partial charge >= 0.3 is 0 Å². The average Bonchev–Trinajstić information content (AvgIpc) is 2.84. The highest BCUT2D eigenvalue weighted by Gasteiger charge is 2.08. The first-order valence-corrected chi connectivity index (χ1v) is 8.99. The molecule has 1 saturated heterocycles. The van der Waals surface area contributed by atoms with E-state index in [4.69, 9.17) is 9.47 Å². The third-order valence-corrected chi connectivity index (χ3v) is 4.37. The maximum Gasteiger partial charge on any atom is 0.161 e. The lowest BCUT2D eigenvalue weighted by Crippen LogP contribution is -2.25. The molecule has 0 atom stereocenters. The second-order valence-corrected chi connectivity index (χ2v) is 6.22. The average molecular weight is 317 g/mol. The number of likely N-dealkylation sites (tertiary alicyclic amines) is 1. The number of nitrogens with zero attached hydrogens (tertiary/aromatic N) is 1. The number of rotatable bonds is 8. The first-order chi connectivity index (χ1) is 11.3. The van der Waals surface area contributed by atoms with E-state index in [0.29, 0.717) is 0 Å². The van der Waals surface area contributed by atoms with Crippen molar-refractivity contribution in [2.24, 2.45) is 0 Å². The van der Waals surface area contributed by atoms with Crippen LogP contribution in [0, 0.1) is 0 Å². The molecule has 0 bridgehead atoms. The van der Waals surface area contributed by atoms with Gasteiger partial charge in [-0.25, -0.2) is 0 Å². The Labute approximate surface area is 141 Å². The largest absolute Gasteiger partial charge is 0.493 e. The number of benzene rings is 1. The molecule has 128 valence electrons. The smallest absolute Gasteiger partial charge is 0.161 e. The minimum atomic E-state index is 0.757. The SMILES string of the molecule is C/C=C/c1ccc(OCCCCN2CCCCCC2)c(OC)c1. The lowest BCUT2D eigenvalue weighted by molar-refractivity contribution is 0.251. The Morgan fingerprint density at radius 2 is 1.83 bits per heavy atom. The number of unbranched alkanes of at least 4 members (excludes halogenated alkanes) is 1. The van der Waals surface area contributed by atoms with Crippen LogP contribution in [0.4, 0.5) is 0 Å². The van der Waals surface area contributed by atoms with Crippen molar-refractivity contribution in [3.8, 4) is 11.5 Å². The highest BCUT2D eigenvalue weighted by Crippen LogP contribution is 2.28. The van der Waals surface area contributed by atoms with E-state index in [0.717, 1.165) is 30.1 Å². The van der Waals surface area contributed by atoms with Crippen molar-refractivity contribution in [2.75, 3.05) is 33.4 Å². The highest BCUT2D eigenvalue weighted by atomic mass is 16.5. The second kappa shape index (κ2) is 10.3. The fourth-order valence-corrected chi connectivity index (χ4v) is 3.08. The Balaban J connectivity index is 1.71. The number of hydrogen-bond donors (Lipinski definition) is 0. The fraction of sp³-hybridized carbons (Fsp3) is 0.600. The summed E-state index contributed by atoms with van der Waals surface area (Å²) in [7, 11) is 1.70. The van der Waals surface area contributed by atoms with Crippen LogP contribution >= 0.6 is 0 Å². The molecule has 3 heteroatoms. The molecule has 1 aliphatic rings. The summed E-state index contributed by atoms with van der Waals surface area (Å²) >= 11 is 0. The van der Waals surface area contributed by atoms with E-state index >= 15 is 0 Å². The van der Waals surface area contributed by atoms with Gasteiger partial charge in [0.15, 0.2) is 11.5 Å². The van der Waals surface area contributed by atoms with Crippen molar-refractivity contribution in [3.05, 3.63) is 29.8 Å². The highest BCUT2D eigenvalue weighted by molar-refractivity contribution is 5.55. The molecule has 1 aromatic rings. The summed E-state index contributed by atoms with van der Waals surface area (Å²) in [6.45, 7) is 6.54. The molecular weight excluding hydrogens is 286 g/mol. The van der Waals surface area contributed by atoms with Gasteiger partial charge in [-0.3, -0.25) is 0 Å². The van der Waals surface area contributed by atoms with Crippen molar-refractivity contribution in [1.29, 1.82) is 0 Å². The van der Waals surface area contributed by atoms with E-state index in [9.17, 15) is 0 Å².